The van der Waals surface area contributed by atoms with Gasteiger partial charge >= 0.3 is 6.18 Å². The van der Waals surface area contributed by atoms with Gasteiger partial charge in [-0.05, 0) is 110 Å². The maximum Gasteiger partial charge on any atom is 0.417 e. The van der Waals surface area contributed by atoms with E-state index in [0.29, 0.717) is 24.5 Å². The van der Waals surface area contributed by atoms with Crippen molar-refractivity contribution in [2.24, 2.45) is 5.41 Å². The summed E-state index contributed by atoms with van der Waals surface area (Å²) in [6, 6.07) is 25.2. The number of aryl methyl sites for hydroxylation is 1. The number of rotatable bonds is 19. The lowest BCUT2D eigenvalue weighted by Crippen LogP contribution is -2.58. The maximum atomic E-state index is 14.0. The molecule has 1 aromatic heterocycles. The molecule has 15 nitrogen and oxygen atoms in total. The van der Waals surface area contributed by atoms with Gasteiger partial charge in [0.1, 0.15) is 36.6 Å². The molecule has 7 rings (SSSR count). The molecule has 4 aromatic carbocycles. The van der Waals surface area contributed by atoms with Gasteiger partial charge in [0.05, 0.1) is 51.7 Å². The van der Waals surface area contributed by atoms with Crippen molar-refractivity contribution >= 4 is 63.7 Å². The summed E-state index contributed by atoms with van der Waals surface area (Å²) in [5.41, 5.74) is 3.10. The first-order chi connectivity index (χ1) is 35.1. The number of nitrogens with one attached hydrogen (secondary N) is 2. The molecule has 0 unspecified atom stereocenters. The number of hydrogen-bond acceptors (Lipinski definition) is 12. The molecule has 0 aliphatic carbocycles. The quantitative estimate of drug-likeness (QED) is 0.0533. The second-order valence-corrected chi connectivity index (χ2v) is 20.8. The number of aliphatic hydroxyl groups is 1. The molecular weight excluding hydrogens is 996 g/mol. The van der Waals surface area contributed by atoms with E-state index in [-0.39, 0.29) is 56.7 Å². The van der Waals surface area contributed by atoms with Gasteiger partial charge in [-0.3, -0.25) is 24.1 Å². The van der Waals surface area contributed by atoms with Gasteiger partial charge in [-0.2, -0.15) is 18.4 Å². The number of β-amino-alcohol motifs (C(OH)–C–C–N with tert-alkyl or cyclic N) is 1. The van der Waals surface area contributed by atoms with Crippen molar-refractivity contribution in [3.05, 3.63) is 119 Å². The average Bonchev–Trinajstić information content (AvgIpc) is 4.03. The van der Waals surface area contributed by atoms with Gasteiger partial charge in [0, 0.05) is 38.4 Å². The zero-order valence-electron chi connectivity index (χ0n) is 41.8. The summed E-state index contributed by atoms with van der Waals surface area (Å²) in [6.45, 7) is 11.6. The van der Waals surface area contributed by atoms with E-state index in [1.807, 2.05) is 88.4 Å². The zero-order chi connectivity index (χ0) is 53.5. The number of nitrogens with zero attached hydrogens (tertiary/aromatic N) is 5. The number of halogens is 3. The van der Waals surface area contributed by atoms with Crippen molar-refractivity contribution in [2.45, 2.75) is 90.8 Å². The number of likely N-dealkylation sites (tertiary alicyclic amines) is 1. The Balaban J connectivity index is 0.823. The SMILES string of the molecule is Cc1ncsc1-c1ccc(CNC(=O)[C@@H]2C[C@@H](O)CN2C(=O)[C@@H](NC(=O)COCCCOCCOc2cccc(-c3ccc(N4C(=S)N(c5ccc(C#N)c(C(F)(F)F)c5)C(=O)C4(C)C)cc3)c2)C(C)(C)C)cc1. The van der Waals surface area contributed by atoms with E-state index in [1.54, 1.807) is 53.8 Å². The molecule has 2 aliphatic rings. The molecular formula is C54H58F3N7O8S2. The average molecular weight is 1050 g/mol. The van der Waals surface area contributed by atoms with E-state index in [0.717, 1.165) is 49.9 Å². The highest BCUT2D eigenvalue weighted by molar-refractivity contribution is 7.81. The molecule has 0 spiro atoms. The number of carbonyl (C=O) groups excluding carboxylic acids is 4. The fraction of sp³-hybridized carbons (Fsp3) is 0.389. The zero-order valence-corrected chi connectivity index (χ0v) is 43.5. The third-order valence-corrected chi connectivity index (χ3v) is 14.0. The van der Waals surface area contributed by atoms with Gasteiger partial charge in [0.25, 0.3) is 5.91 Å². The van der Waals surface area contributed by atoms with Gasteiger partial charge in [-0.1, -0.05) is 69.3 Å². The number of anilines is 2. The number of amides is 4. The van der Waals surface area contributed by atoms with Crippen LogP contribution in [0, 0.1) is 23.7 Å². The van der Waals surface area contributed by atoms with Crippen LogP contribution in [0.5, 0.6) is 5.75 Å². The summed E-state index contributed by atoms with van der Waals surface area (Å²) < 4.78 is 58.6. The van der Waals surface area contributed by atoms with E-state index in [4.69, 9.17) is 26.4 Å². The number of alkyl halides is 3. The van der Waals surface area contributed by atoms with E-state index in [9.17, 15) is 42.7 Å². The summed E-state index contributed by atoms with van der Waals surface area (Å²) >= 11 is 7.24. The Bertz CT molecular complexity index is 2900. The fourth-order valence-corrected chi connectivity index (χ4v) is 10.1. The fourth-order valence-electron chi connectivity index (χ4n) is 8.76. The van der Waals surface area contributed by atoms with Crippen LogP contribution in [0.25, 0.3) is 21.6 Å². The van der Waals surface area contributed by atoms with Crippen LogP contribution in [0.3, 0.4) is 0 Å². The molecule has 2 saturated heterocycles. The smallest absolute Gasteiger partial charge is 0.417 e. The predicted octanol–water partition coefficient (Wildman–Crippen LogP) is 8.20. The largest absolute Gasteiger partial charge is 0.491 e. The molecule has 5 aromatic rings. The molecule has 2 fully saturated rings. The minimum atomic E-state index is -4.81. The molecule has 74 heavy (non-hydrogen) atoms. The van der Waals surface area contributed by atoms with Crippen molar-refractivity contribution in [3.8, 4) is 33.4 Å². The summed E-state index contributed by atoms with van der Waals surface area (Å²) in [5.74, 6) is -1.28. The first-order valence-corrected chi connectivity index (χ1v) is 25.2. The van der Waals surface area contributed by atoms with Crippen LogP contribution in [0.1, 0.15) is 69.8 Å². The Kier molecular flexibility index (Phi) is 17.2. The molecule has 3 heterocycles. The molecule has 2 aliphatic heterocycles. The normalized spacial score (nSPS) is 17.1. The van der Waals surface area contributed by atoms with E-state index in [2.05, 4.69) is 15.6 Å². The summed E-state index contributed by atoms with van der Waals surface area (Å²) in [6.07, 6.45) is -5.15. The van der Waals surface area contributed by atoms with Crippen molar-refractivity contribution in [1.29, 1.82) is 5.26 Å². The second-order valence-electron chi connectivity index (χ2n) is 19.5. The number of hydrogen-bond donors (Lipinski definition) is 3. The lowest BCUT2D eigenvalue weighted by molar-refractivity contribution is -0.144. The maximum absolute atomic E-state index is 14.0. The standard InChI is InChI=1S/C54H58F3N7O8S2/c1-33-46(74-32-60-33)36-13-11-34(12-14-36)29-59-48(67)44-27-41(65)30-62(44)49(68)47(52(2,3)4)61-45(66)31-71-22-8-21-70-23-24-72-42-10-7-9-37(25-42)35-15-18-39(19-16-35)64-51(73)63(50(69)53(64,5)6)40-20-17-38(28-58)43(26-40)54(55,56)57/h7,9-20,25-26,32,41,44,47,65H,8,21-24,27,29-31H2,1-6H3,(H,59,67)(H,61,66)/t41-,44+,47-/m1/s1. The van der Waals surface area contributed by atoms with Crippen LogP contribution >= 0.6 is 23.6 Å². The van der Waals surface area contributed by atoms with Gasteiger partial charge in [-0.25, -0.2) is 4.98 Å². The number of carbonyl (C=O) groups is 4. The minimum Gasteiger partial charge on any atom is -0.491 e. The van der Waals surface area contributed by atoms with Gasteiger partial charge < -0.3 is 39.8 Å². The van der Waals surface area contributed by atoms with Crippen LogP contribution in [0.2, 0.25) is 0 Å². The predicted molar refractivity (Wildman–Crippen MR) is 278 cm³/mol. The molecule has 0 bridgehead atoms. The third-order valence-electron chi connectivity index (χ3n) is 12.7. The summed E-state index contributed by atoms with van der Waals surface area (Å²) in [4.78, 5) is 63.5. The highest BCUT2D eigenvalue weighted by atomic mass is 32.1. The lowest BCUT2D eigenvalue weighted by atomic mass is 9.85. The summed E-state index contributed by atoms with van der Waals surface area (Å²) in [7, 11) is 0. The Morgan fingerprint density at radius 3 is 2.28 bits per heavy atom. The minimum absolute atomic E-state index is 0.00449. The highest BCUT2D eigenvalue weighted by Crippen LogP contribution is 2.40. The molecule has 3 N–H and O–H groups in total. The number of nitriles is 1. The molecule has 3 atom stereocenters. The van der Waals surface area contributed by atoms with Crippen LogP contribution in [-0.4, -0.2) is 107 Å². The molecule has 20 heteroatoms. The molecule has 390 valence electrons. The van der Waals surface area contributed by atoms with Crippen LogP contribution in [-0.2, 0) is 41.4 Å². The Morgan fingerprint density at radius 1 is 0.932 bits per heavy atom. The van der Waals surface area contributed by atoms with E-state index < -0.39 is 70.1 Å². The van der Waals surface area contributed by atoms with Crippen LogP contribution in [0.15, 0.2) is 96.5 Å². The Hall–Kier alpha value is -6.76. The highest BCUT2D eigenvalue weighted by Gasteiger charge is 2.51. The topological polar surface area (TPSA) is 187 Å². The van der Waals surface area contributed by atoms with E-state index in [1.165, 1.54) is 11.0 Å². The second kappa shape index (κ2) is 23.2. The van der Waals surface area contributed by atoms with Gasteiger partial charge in [0.2, 0.25) is 17.7 Å². The molecule has 0 radical (unpaired) electrons. The Labute approximate surface area is 437 Å². The number of ether oxygens (including phenoxy) is 3. The third kappa shape index (κ3) is 12.8. The number of aromatic nitrogens is 1. The van der Waals surface area contributed by atoms with Crippen LogP contribution < -0.4 is 25.2 Å². The molecule has 0 saturated carbocycles. The monoisotopic (exact) mass is 1050 g/mol. The van der Waals surface area contributed by atoms with E-state index >= 15 is 0 Å². The van der Waals surface area contributed by atoms with Gasteiger partial charge in [0.15, 0.2) is 5.11 Å². The molecule has 4 amide bonds. The van der Waals surface area contributed by atoms with Crippen molar-refractivity contribution in [2.75, 3.05) is 49.4 Å². The number of aliphatic hydroxyl groups excluding tert-OH is 1. The van der Waals surface area contributed by atoms with Crippen molar-refractivity contribution in [3.63, 3.8) is 0 Å². The van der Waals surface area contributed by atoms with Gasteiger partial charge in [-0.15, -0.1) is 11.3 Å². The first kappa shape index (κ1) is 55.0. The van der Waals surface area contributed by atoms with Crippen LogP contribution in [0.4, 0.5) is 24.5 Å². The number of thiocarbonyl (C=S) groups is 1. The number of benzene rings is 4. The Morgan fingerprint density at radius 2 is 1.62 bits per heavy atom. The van der Waals surface area contributed by atoms with Crippen molar-refractivity contribution < 1.29 is 51.7 Å². The number of thiazole rings is 1. The first-order valence-electron chi connectivity index (χ1n) is 23.9. The van der Waals surface area contributed by atoms with Crippen molar-refractivity contribution in [1.82, 2.24) is 20.5 Å². The summed E-state index contributed by atoms with van der Waals surface area (Å²) in [5, 5.41) is 25.5. The lowest BCUT2D eigenvalue weighted by Gasteiger charge is -2.35.